The number of phenolic OH excluding ortho intramolecular Hbond substituents is 1. The Morgan fingerprint density at radius 3 is 2.51 bits per heavy atom. The molecule has 9 heteroatoms. The van der Waals surface area contributed by atoms with Crippen molar-refractivity contribution in [2.75, 3.05) is 5.88 Å². The summed E-state index contributed by atoms with van der Waals surface area (Å²) >= 11 is 1.49. The number of fused-ring (bicyclic) bond motifs is 1. The third kappa shape index (κ3) is 6.58. The molecule has 3 amide bonds. The maximum absolute atomic E-state index is 14.0. The number of rotatable bonds is 8. The second-order valence-corrected chi connectivity index (χ2v) is 13.5. The molecule has 0 saturated carbocycles. The van der Waals surface area contributed by atoms with Gasteiger partial charge in [0.2, 0.25) is 5.91 Å². The predicted molar refractivity (Wildman–Crippen MR) is 168 cm³/mol. The quantitative estimate of drug-likeness (QED) is 0.306. The summed E-state index contributed by atoms with van der Waals surface area (Å²) in [7, 11) is 0. The monoisotopic (exact) mass is 601 g/mol. The highest BCUT2D eigenvalue weighted by Gasteiger charge is 2.50. The van der Waals surface area contributed by atoms with Crippen LogP contribution in [0.4, 0.5) is 0 Å². The van der Waals surface area contributed by atoms with Crippen LogP contribution in [0.5, 0.6) is 5.75 Å². The SMILES string of the molecule is Cc1c(O)cccc1C(=O)N[C@@H](Cc1ccccc1)[C@H](O)C(=O)N1CSC(C)(C)[C@H]1C(=O)N[C@H]1CCCc2ccccc21. The van der Waals surface area contributed by atoms with E-state index in [2.05, 4.69) is 16.7 Å². The largest absolute Gasteiger partial charge is 0.508 e. The summed E-state index contributed by atoms with van der Waals surface area (Å²) in [6.07, 6.45) is 1.34. The molecule has 0 unspecified atom stereocenters. The third-order valence-corrected chi connectivity index (χ3v) is 9.94. The van der Waals surface area contributed by atoms with E-state index in [0.717, 1.165) is 30.4 Å². The van der Waals surface area contributed by atoms with Gasteiger partial charge in [-0.25, -0.2) is 0 Å². The fourth-order valence-electron chi connectivity index (χ4n) is 6.13. The van der Waals surface area contributed by atoms with Gasteiger partial charge in [-0.3, -0.25) is 14.4 Å². The van der Waals surface area contributed by atoms with E-state index < -0.39 is 34.7 Å². The van der Waals surface area contributed by atoms with E-state index in [-0.39, 0.29) is 35.6 Å². The lowest BCUT2D eigenvalue weighted by Gasteiger charge is -2.35. The van der Waals surface area contributed by atoms with Crippen molar-refractivity contribution in [2.45, 2.75) is 75.4 Å². The third-order valence-electron chi connectivity index (χ3n) is 8.56. The molecule has 8 nitrogen and oxygen atoms in total. The zero-order valence-corrected chi connectivity index (χ0v) is 25.6. The maximum Gasteiger partial charge on any atom is 0.254 e. The molecule has 1 fully saturated rings. The molecule has 3 aromatic carbocycles. The summed E-state index contributed by atoms with van der Waals surface area (Å²) in [6, 6.07) is 20.1. The summed E-state index contributed by atoms with van der Waals surface area (Å²) in [5.41, 5.74) is 3.81. The highest BCUT2D eigenvalue weighted by molar-refractivity contribution is 8.00. The molecule has 0 aromatic heterocycles. The van der Waals surface area contributed by atoms with Crippen LogP contribution in [0, 0.1) is 6.92 Å². The average molecular weight is 602 g/mol. The lowest BCUT2D eigenvalue weighted by molar-refractivity contribution is -0.147. The first-order chi connectivity index (χ1) is 20.6. The number of carbonyl (C=O) groups excluding carboxylic acids is 3. The number of nitrogens with one attached hydrogen (secondary N) is 2. The van der Waals surface area contributed by atoms with Gasteiger partial charge in [0, 0.05) is 15.9 Å². The van der Waals surface area contributed by atoms with Crippen LogP contribution in [0.2, 0.25) is 0 Å². The van der Waals surface area contributed by atoms with Crippen LogP contribution < -0.4 is 10.6 Å². The molecule has 3 aromatic rings. The second-order valence-electron chi connectivity index (χ2n) is 11.9. The number of aliphatic hydroxyl groups is 1. The Bertz CT molecular complexity index is 1490. The minimum Gasteiger partial charge on any atom is -0.508 e. The Kier molecular flexibility index (Phi) is 9.13. The molecule has 1 saturated heterocycles. The minimum atomic E-state index is -1.61. The number of phenols is 1. The maximum atomic E-state index is 14.0. The molecule has 0 spiro atoms. The standard InChI is InChI=1S/C34H39N3O5S/c1-21-24(16-10-18-28(21)38)31(40)36-27(19-22-11-5-4-6-12-22)29(39)33(42)37-20-43-34(2,3)30(37)32(41)35-26-17-9-14-23-13-7-8-15-25(23)26/h4-8,10-13,15-16,18,26-27,29-30,38-39H,9,14,17,19-20H2,1-3H3,(H,35,41)(H,36,40)/t26-,27-,29-,30+/m0/s1. The van der Waals surface area contributed by atoms with E-state index in [1.165, 1.54) is 28.3 Å². The van der Waals surface area contributed by atoms with E-state index in [4.69, 9.17) is 0 Å². The van der Waals surface area contributed by atoms with E-state index in [0.29, 0.717) is 5.56 Å². The highest BCUT2D eigenvalue weighted by Crippen LogP contribution is 2.40. The molecule has 1 heterocycles. The number of aryl methyl sites for hydroxylation is 1. The molecule has 226 valence electrons. The topological polar surface area (TPSA) is 119 Å². The number of hydrogen-bond donors (Lipinski definition) is 4. The normalized spacial score (nSPS) is 20.5. The van der Waals surface area contributed by atoms with Gasteiger partial charge < -0.3 is 25.7 Å². The van der Waals surface area contributed by atoms with E-state index >= 15 is 0 Å². The molecule has 0 radical (unpaired) electrons. The number of aromatic hydroxyl groups is 1. The summed E-state index contributed by atoms with van der Waals surface area (Å²) in [5.74, 6) is -1.16. The van der Waals surface area contributed by atoms with Gasteiger partial charge in [-0.2, -0.15) is 0 Å². The molecule has 0 bridgehead atoms. The number of thioether (sulfide) groups is 1. The lowest BCUT2D eigenvalue weighted by atomic mass is 9.87. The van der Waals surface area contributed by atoms with Crippen molar-refractivity contribution in [3.63, 3.8) is 0 Å². The molecule has 5 rings (SSSR count). The highest BCUT2D eigenvalue weighted by atomic mass is 32.2. The van der Waals surface area contributed by atoms with Crippen LogP contribution in [-0.4, -0.2) is 61.6 Å². The molecule has 2 aliphatic rings. The molecular weight excluding hydrogens is 562 g/mol. The van der Waals surface area contributed by atoms with Crippen molar-refractivity contribution in [1.82, 2.24) is 15.5 Å². The van der Waals surface area contributed by atoms with Crippen LogP contribution in [0.1, 0.15) is 65.3 Å². The smallest absolute Gasteiger partial charge is 0.254 e. The molecule has 43 heavy (non-hydrogen) atoms. The van der Waals surface area contributed by atoms with Gasteiger partial charge in [0.25, 0.3) is 11.8 Å². The molecule has 4 atom stereocenters. The van der Waals surface area contributed by atoms with Crippen molar-refractivity contribution < 1.29 is 24.6 Å². The minimum absolute atomic E-state index is 0.0188. The number of carbonyl (C=O) groups is 3. The Morgan fingerprint density at radius 1 is 1.02 bits per heavy atom. The van der Waals surface area contributed by atoms with Gasteiger partial charge in [0.05, 0.1) is 18.0 Å². The summed E-state index contributed by atoms with van der Waals surface area (Å²) < 4.78 is -0.593. The van der Waals surface area contributed by atoms with Crippen LogP contribution in [-0.2, 0) is 22.4 Å². The van der Waals surface area contributed by atoms with Crippen LogP contribution in [0.25, 0.3) is 0 Å². The predicted octanol–water partition coefficient (Wildman–Crippen LogP) is 4.28. The molecule has 1 aliphatic heterocycles. The van der Waals surface area contributed by atoms with Crippen molar-refractivity contribution in [3.05, 3.63) is 101 Å². The van der Waals surface area contributed by atoms with Crippen molar-refractivity contribution in [2.24, 2.45) is 0 Å². The van der Waals surface area contributed by atoms with Gasteiger partial charge >= 0.3 is 0 Å². The van der Waals surface area contributed by atoms with Crippen molar-refractivity contribution >= 4 is 29.5 Å². The number of hydrogen-bond acceptors (Lipinski definition) is 6. The molecular formula is C34H39N3O5S. The fraction of sp³-hybridized carbons (Fsp3) is 0.382. The van der Waals surface area contributed by atoms with Gasteiger partial charge in [-0.05, 0) is 75.3 Å². The van der Waals surface area contributed by atoms with Gasteiger partial charge in [-0.15, -0.1) is 11.8 Å². The lowest BCUT2D eigenvalue weighted by Crippen LogP contribution is -2.59. The Morgan fingerprint density at radius 2 is 1.74 bits per heavy atom. The number of benzene rings is 3. The van der Waals surface area contributed by atoms with E-state index in [9.17, 15) is 24.6 Å². The number of aliphatic hydroxyl groups excluding tert-OH is 1. The molecule has 1 aliphatic carbocycles. The van der Waals surface area contributed by atoms with Crippen LogP contribution in [0.3, 0.4) is 0 Å². The van der Waals surface area contributed by atoms with E-state index in [1.54, 1.807) is 19.1 Å². The second kappa shape index (κ2) is 12.8. The number of nitrogens with zero attached hydrogens (tertiary/aromatic N) is 1. The van der Waals surface area contributed by atoms with Crippen molar-refractivity contribution in [1.29, 1.82) is 0 Å². The number of amides is 3. The van der Waals surface area contributed by atoms with Crippen LogP contribution in [0.15, 0.2) is 72.8 Å². The zero-order valence-electron chi connectivity index (χ0n) is 24.7. The Labute approximate surface area is 256 Å². The van der Waals surface area contributed by atoms with Gasteiger partial charge in [0.15, 0.2) is 6.10 Å². The Hall–Kier alpha value is -3.82. The van der Waals surface area contributed by atoms with E-state index in [1.807, 2.05) is 62.4 Å². The molecule has 4 N–H and O–H groups in total. The fourth-order valence-corrected chi connectivity index (χ4v) is 7.27. The Balaban J connectivity index is 1.38. The summed E-state index contributed by atoms with van der Waals surface area (Å²) in [6.45, 7) is 5.50. The van der Waals surface area contributed by atoms with Crippen LogP contribution >= 0.6 is 11.8 Å². The first-order valence-corrected chi connectivity index (χ1v) is 15.7. The summed E-state index contributed by atoms with van der Waals surface area (Å²) in [5, 5.41) is 27.7. The van der Waals surface area contributed by atoms with Gasteiger partial charge in [-0.1, -0.05) is 60.7 Å². The summed E-state index contributed by atoms with van der Waals surface area (Å²) in [4.78, 5) is 42.7. The first kappa shape index (κ1) is 30.6. The van der Waals surface area contributed by atoms with Crippen molar-refractivity contribution in [3.8, 4) is 5.75 Å². The zero-order chi connectivity index (χ0) is 30.7. The first-order valence-electron chi connectivity index (χ1n) is 14.7. The van der Waals surface area contributed by atoms with Gasteiger partial charge in [0.1, 0.15) is 11.8 Å². The average Bonchev–Trinajstić information content (AvgIpc) is 3.32.